The summed E-state index contributed by atoms with van der Waals surface area (Å²) in [6.07, 6.45) is 4.39. The lowest BCUT2D eigenvalue weighted by Gasteiger charge is -2.14. The van der Waals surface area contributed by atoms with Crippen molar-refractivity contribution < 1.29 is 4.74 Å². The summed E-state index contributed by atoms with van der Waals surface area (Å²) in [6.45, 7) is 3.56. The van der Waals surface area contributed by atoms with Crippen molar-refractivity contribution in [3.05, 3.63) is 12.2 Å². The summed E-state index contributed by atoms with van der Waals surface area (Å²) in [6, 6.07) is 0. The molecule has 0 fully saturated rings. The zero-order chi connectivity index (χ0) is 6.69. The van der Waals surface area contributed by atoms with Crippen molar-refractivity contribution >= 4 is 0 Å². The molecule has 0 spiro atoms. The molecule has 0 amide bonds. The Kier molecular flexibility index (Phi) is 2.25. The molecule has 2 heteroatoms. The first-order valence-corrected chi connectivity index (χ1v) is 3.33. The van der Waals surface area contributed by atoms with E-state index in [4.69, 9.17) is 10.5 Å². The van der Waals surface area contributed by atoms with Gasteiger partial charge in [0.15, 0.2) is 0 Å². The molecule has 1 heterocycles. The highest BCUT2D eigenvalue weighted by atomic mass is 16.5. The maximum absolute atomic E-state index is 5.44. The van der Waals surface area contributed by atoms with Gasteiger partial charge in [0.25, 0.3) is 0 Å². The highest BCUT2D eigenvalue weighted by molar-refractivity contribution is 4.97. The molecule has 0 aromatic heterocycles. The molecule has 0 saturated carbocycles. The third-order valence-corrected chi connectivity index (χ3v) is 1.64. The molecule has 1 aliphatic rings. The molecule has 0 aromatic carbocycles. The first-order valence-electron chi connectivity index (χ1n) is 3.33. The first kappa shape index (κ1) is 6.78. The van der Waals surface area contributed by atoms with Gasteiger partial charge in [-0.2, -0.15) is 0 Å². The van der Waals surface area contributed by atoms with Gasteiger partial charge in [-0.25, -0.2) is 0 Å². The average Bonchev–Trinajstić information content (AvgIpc) is 2.37. The quantitative estimate of drug-likeness (QED) is 0.549. The number of nitrogens with two attached hydrogens (primary N) is 1. The monoisotopic (exact) mass is 127 g/mol. The first-order chi connectivity index (χ1) is 4.34. The van der Waals surface area contributed by atoms with E-state index >= 15 is 0 Å². The van der Waals surface area contributed by atoms with Crippen LogP contribution >= 0.6 is 0 Å². The van der Waals surface area contributed by atoms with Crippen molar-refractivity contribution in [1.82, 2.24) is 0 Å². The fourth-order valence-corrected chi connectivity index (χ4v) is 0.900. The van der Waals surface area contributed by atoms with Crippen molar-refractivity contribution in [2.45, 2.75) is 13.0 Å². The highest BCUT2D eigenvalue weighted by Crippen LogP contribution is 2.11. The van der Waals surface area contributed by atoms with Gasteiger partial charge in [0.05, 0.1) is 12.7 Å². The molecule has 0 aliphatic carbocycles. The summed E-state index contributed by atoms with van der Waals surface area (Å²) < 4.78 is 5.31. The lowest BCUT2D eigenvalue weighted by molar-refractivity contribution is 0.0901. The second kappa shape index (κ2) is 2.99. The van der Waals surface area contributed by atoms with E-state index < -0.39 is 0 Å². The predicted octanol–water partition coefficient (Wildman–Crippen LogP) is 0.536. The van der Waals surface area contributed by atoms with E-state index in [0.29, 0.717) is 12.5 Å². The lowest BCUT2D eigenvalue weighted by atomic mass is 10.1. The molecule has 2 nitrogen and oxygen atoms in total. The fourth-order valence-electron chi connectivity index (χ4n) is 0.900. The van der Waals surface area contributed by atoms with Gasteiger partial charge in [0, 0.05) is 0 Å². The van der Waals surface area contributed by atoms with E-state index in [1.807, 2.05) is 6.08 Å². The fraction of sp³-hybridized carbons (Fsp3) is 0.714. The third-order valence-electron chi connectivity index (χ3n) is 1.64. The second-order valence-corrected chi connectivity index (χ2v) is 2.44. The Labute approximate surface area is 55.7 Å². The van der Waals surface area contributed by atoms with Crippen molar-refractivity contribution in [3.63, 3.8) is 0 Å². The van der Waals surface area contributed by atoms with Crippen LogP contribution in [0.2, 0.25) is 0 Å². The van der Waals surface area contributed by atoms with Gasteiger partial charge in [-0.3, -0.25) is 0 Å². The zero-order valence-corrected chi connectivity index (χ0v) is 5.71. The number of hydrogen-bond donors (Lipinski definition) is 1. The van der Waals surface area contributed by atoms with Crippen LogP contribution in [0, 0.1) is 5.92 Å². The molecule has 0 saturated heterocycles. The van der Waals surface area contributed by atoms with Crippen LogP contribution in [0.25, 0.3) is 0 Å². The van der Waals surface area contributed by atoms with Crippen molar-refractivity contribution in [2.75, 3.05) is 13.2 Å². The van der Waals surface area contributed by atoms with Gasteiger partial charge in [0.1, 0.15) is 0 Å². The normalized spacial score (nSPS) is 28.9. The van der Waals surface area contributed by atoms with Crippen LogP contribution in [0.15, 0.2) is 12.2 Å². The van der Waals surface area contributed by atoms with E-state index in [0.717, 1.165) is 6.61 Å². The summed E-state index contributed by atoms with van der Waals surface area (Å²) >= 11 is 0. The molecule has 52 valence electrons. The maximum atomic E-state index is 5.44. The van der Waals surface area contributed by atoms with Crippen LogP contribution in [0.4, 0.5) is 0 Å². The van der Waals surface area contributed by atoms with Crippen LogP contribution in [0.5, 0.6) is 0 Å². The third kappa shape index (κ3) is 1.53. The summed E-state index contributed by atoms with van der Waals surface area (Å²) in [4.78, 5) is 0. The van der Waals surface area contributed by atoms with Crippen molar-refractivity contribution in [3.8, 4) is 0 Å². The Hall–Kier alpha value is -0.340. The van der Waals surface area contributed by atoms with Crippen molar-refractivity contribution in [1.29, 1.82) is 0 Å². The van der Waals surface area contributed by atoms with Gasteiger partial charge >= 0.3 is 0 Å². The number of rotatable bonds is 2. The summed E-state index contributed by atoms with van der Waals surface area (Å²) in [5.41, 5.74) is 5.44. The minimum absolute atomic E-state index is 0.273. The number of ether oxygens (including phenoxy) is 1. The van der Waals surface area contributed by atoms with Crippen LogP contribution in [-0.2, 0) is 4.74 Å². The molecule has 0 aromatic rings. The molecule has 0 radical (unpaired) electrons. The number of hydrogen-bond acceptors (Lipinski definition) is 2. The molecular formula is C7H13NO. The Morgan fingerprint density at radius 2 is 2.67 bits per heavy atom. The van der Waals surface area contributed by atoms with Gasteiger partial charge < -0.3 is 10.5 Å². The molecule has 1 unspecified atom stereocenters. The SMILES string of the molecule is CC(CN)[C@@H]1C=CCO1. The van der Waals surface area contributed by atoms with Crippen LogP contribution in [0.3, 0.4) is 0 Å². The maximum Gasteiger partial charge on any atom is 0.0798 e. The average molecular weight is 127 g/mol. The molecular weight excluding hydrogens is 114 g/mol. The lowest BCUT2D eigenvalue weighted by Crippen LogP contribution is -2.23. The Balaban J connectivity index is 2.33. The van der Waals surface area contributed by atoms with Gasteiger partial charge in [-0.1, -0.05) is 19.1 Å². The van der Waals surface area contributed by atoms with Gasteiger partial charge in [0.2, 0.25) is 0 Å². The minimum atomic E-state index is 0.273. The molecule has 2 N–H and O–H groups in total. The Bertz CT molecular complexity index is 111. The van der Waals surface area contributed by atoms with Gasteiger partial charge in [-0.05, 0) is 12.5 Å². The zero-order valence-electron chi connectivity index (χ0n) is 5.71. The Morgan fingerprint density at radius 1 is 1.89 bits per heavy atom. The van der Waals surface area contributed by atoms with E-state index in [1.54, 1.807) is 0 Å². The molecule has 1 aliphatic heterocycles. The van der Waals surface area contributed by atoms with Gasteiger partial charge in [-0.15, -0.1) is 0 Å². The van der Waals surface area contributed by atoms with E-state index in [-0.39, 0.29) is 6.10 Å². The van der Waals surface area contributed by atoms with E-state index in [2.05, 4.69) is 13.0 Å². The van der Waals surface area contributed by atoms with E-state index in [9.17, 15) is 0 Å². The minimum Gasteiger partial charge on any atom is -0.370 e. The van der Waals surface area contributed by atoms with Crippen LogP contribution in [0.1, 0.15) is 6.92 Å². The largest absolute Gasteiger partial charge is 0.370 e. The second-order valence-electron chi connectivity index (χ2n) is 2.44. The summed E-state index contributed by atoms with van der Waals surface area (Å²) in [5, 5.41) is 0. The Morgan fingerprint density at radius 3 is 3.11 bits per heavy atom. The molecule has 1 rings (SSSR count). The summed E-state index contributed by atoms with van der Waals surface area (Å²) in [5.74, 6) is 0.462. The molecule has 2 atom stereocenters. The molecule has 9 heavy (non-hydrogen) atoms. The highest BCUT2D eigenvalue weighted by Gasteiger charge is 2.15. The van der Waals surface area contributed by atoms with Crippen LogP contribution in [-0.4, -0.2) is 19.3 Å². The smallest absolute Gasteiger partial charge is 0.0798 e. The topological polar surface area (TPSA) is 35.2 Å². The standard InChI is InChI=1S/C7H13NO/c1-6(5-8)7-3-2-4-9-7/h2-3,6-7H,4-5,8H2,1H3/t6?,7-/m0/s1. The summed E-state index contributed by atoms with van der Waals surface area (Å²) in [7, 11) is 0. The predicted molar refractivity (Wildman–Crippen MR) is 37.1 cm³/mol. The van der Waals surface area contributed by atoms with Crippen molar-refractivity contribution in [2.24, 2.45) is 11.7 Å². The van der Waals surface area contributed by atoms with E-state index in [1.165, 1.54) is 0 Å². The molecule has 0 bridgehead atoms. The van der Waals surface area contributed by atoms with Crippen LogP contribution < -0.4 is 5.73 Å².